The Morgan fingerprint density at radius 3 is 2.41 bits per heavy atom. The summed E-state index contributed by atoms with van der Waals surface area (Å²) in [5, 5.41) is 3.02. The van der Waals surface area contributed by atoms with Crippen molar-refractivity contribution >= 4 is 29.2 Å². The third-order valence-electron chi connectivity index (χ3n) is 3.51. The molecule has 0 aliphatic rings. The number of rotatable bonds is 8. The Kier molecular flexibility index (Phi) is 7.31. The molecule has 2 rings (SSSR count). The van der Waals surface area contributed by atoms with Crippen molar-refractivity contribution < 1.29 is 28.5 Å². The number of anilines is 1. The molecule has 144 valence electrons. The van der Waals surface area contributed by atoms with Crippen molar-refractivity contribution in [2.75, 3.05) is 26.1 Å². The topological polar surface area (TPSA) is 83.1 Å². The number of carbonyl (C=O) groups excluding carboxylic acids is 2. The zero-order chi connectivity index (χ0) is 19.8. The summed E-state index contributed by atoms with van der Waals surface area (Å²) in [6.45, 7) is 1.10. The summed E-state index contributed by atoms with van der Waals surface area (Å²) in [5.74, 6) is 0.177. The van der Waals surface area contributed by atoms with Crippen molar-refractivity contribution in [1.29, 1.82) is 0 Å². The Bertz CT molecular complexity index is 811. The Balaban J connectivity index is 1.87. The number of hydrogen-bond donors (Lipinski definition) is 1. The van der Waals surface area contributed by atoms with Crippen LogP contribution in [0.5, 0.6) is 17.2 Å². The van der Waals surface area contributed by atoms with Gasteiger partial charge in [-0.15, -0.1) is 0 Å². The summed E-state index contributed by atoms with van der Waals surface area (Å²) in [5.41, 5.74) is 0.480. The molecule has 0 spiro atoms. The molecule has 0 radical (unpaired) electrons. The van der Waals surface area contributed by atoms with Crippen LogP contribution in [0.1, 0.15) is 6.92 Å². The first-order valence-corrected chi connectivity index (χ1v) is 8.42. The predicted octanol–water partition coefficient (Wildman–Crippen LogP) is 3.31. The average molecular weight is 394 g/mol. The Morgan fingerprint density at radius 1 is 1.04 bits per heavy atom. The van der Waals surface area contributed by atoms with E-state index >= 15 is 0 Å². The van der Waals surface area contributed by atoms with E-state index in [1.54, 1.807) is 42.5 Å². The molecule has 2 aromatic carbocycles. The maximum Gasteiger partial charge on any atom is 0.344 e. The van der Waals surface area contributed by atoms with E-state index in [-0.39, 0.29) is 6.61 Å². The molecule has 0 aliphatic heterocycles. The van der Waals surface area contributed by atoms with Crippen molar-refractivity contribution in [3.8, 4) is 17.2 Å². The number of ether oxygens (including phenoxy) is 4. The molecule has 7 nitrogen and oxygen atoms in total. The zero-order valence-electron chi connectivity index (χ0n) is 15.2. The number of carbonyl (C=O) groups is 2. The highest BCUT2D eigenvalue weighted by Crippen LogP contribution is 2.29. The van der Waals surface area contributed by atoms with E-state index in [0.29, 0.717) is 28.0 Å². The van der Waals surface area contributed by atoms with Gasteiger partial charge >= 0.3 is 5.97 Å². The molecule has 1 unspecified atom stereocenters. The molecule has 0 fully saturated rings. The van der Waals surface area contributed by atoms with Crippen LogP contribution in [0, 0.1) is 0 Å². The molecule has 1 N–H and O–H groups in total. The van der Waals surface area contributed by atoms with E-state index in [1.807, 2.05) is 0 Å². The first-order chi connectivity index (χ1) is 12.9. The van der Waals surface area contributed by atoms with Gasteiger partial charge in [0, 0.05) is 11.8 Å². The maximum absolute atomic E-state index is 12.2. The van der Waals surface area contributed by atoms with Crippen LogP contribution in [0.2, 0.25) is 5.02 Å². The van der Waals surface area contributed by atoms with Crippen LogP contribution in [0.15, 0.2) is 42.5 Å². The van der Waals surface area contributed by atoms with E-state index in [2.05, 4.69) is 5.32 Å². The fraction of sp³-hybridized carbons (Fsp3) is 0.263. The number of nitrogens with one attached hydrogen (secondary N) is 1. The van der Waals surface area contributed by atoms with E-state index in [0.717, 1.165) is 0 Å². The van der Waals surface area contributed by atoms with Gasteiger partial charge in [-0.1, -0.05) is 23.7 Å². The van der Waals surface area contributed by atoms with Crippen molar-refractivity contribution in [3.05, 3.63) is 47.5 Å². The third kappa shape index (κ3) is 5.79. The minimum absolute atomic E-state index is 0.360. The fourth-order valence-corrected chi connectivity index (χ4v) is 2.33. The Labute approximate surface area is 162 Å². The standard InChI is InChI=1S/C19H20ClNO6/c1-12(27-18(22)11-26-15-7-5-4-6-14(15)20)19(23)21-13-8-9-16(24-2)17(10-13)25-3/h4-10,12H,11H2,1-3H3,(H,21,23). The van der Waals surface area contributed by atoms with Gasteiger partial charge in [0.2, 0.25) is 0 Å². The number of halogens is 1. The lowest BCUT2D eigenvalue weighted by Gasteiger charge is -2.15. The van der Waals surface area contributed by atoms with Gasteiger partial charge in [0.25, 0.3) is 5.91 Å². The number of benzene rings is 2. The molecular weight excluding hydrogens is 374 g/mol. The van der Waals surface area contributed by atoms with Crippen LogP contribution in [0.25, 0.3) is 0 Å². The van der Waals surface area contributed by atoms with Gasteiger partial charge in [-0.3, -0.25) is 4.79 Å². The zero-order valence-corrected chi connectivity index (χ0v) is 15.9. The Morgan fingerprint density at radius 2 is 1.74 bits per heavy atom. The van der Waals surface area contributed by atoms with E-state index in [9.17, 15) is 9.59 Å². The van der Waals surface area contributed by atoms with Crippen molar-refractivity contribution in [1.82, 2.24) is 0 Å². The van der Waals surface area contributed by atoms with Gasteiger partial charge in [0.15, 0.2) is 24.2 Å². The van der Waals surface area contributed by atoms with Gasteiger partial charge in [-0.05, 0) is 31.2 Å². The number of methoxy groups -OCH3 is 2. The van der Waals surface area contributed by atoms with Gasteiger partial charge < -0.3 is 24.3 Å². The minimum atomic E-state index is -1.01. The third-order valence-corrected chi connectivity index (χ3v) is 3.82. The molecule has 0 saturated carbocycles. The molecule has 0 aromatic heterocycles. The summed E-state index contributed by atoms with van der Waals surface area (Å²) in [7, 11) is 3.01. The molecule has 1 amide bonds. The highest BCUT2D eigenvalue weighted by Gasteiger charge is 2.19. The maximum atomic E-state index is 12.2. The monoisotopic (exact) mass is 393 g/mol. The lowest BCUT2D eigenvalue weighted by atomic mass is 10.2. The largest absolute Gasteiger partial charge is 0.493 e. The number of amides is 1. The van der Waals surface area contributed by atoms with Crippen LogP contribution in [0.3, 0.4) is 0 Å². The second kappa shape index (κ2) is 9.68. The van der Waals surface area contributed by atoms with Gasteiger partial charge in [-0.25, -0.2) is 4.79 Å². The van der Waals surface area contributed by atoms with Crippen molar-refractivity contribution in [3.63, 3.8) is 0 Å². The first-order valence-electron chi connectivity index (χ1n) is 8.04. The Hall–Kier alpha value is -2.93. The predicted molar refractivity (Wildman–Crippen MR) is 101 cm³/mol. The van der Waals surface area contributed by atoms with Crippen LogP contribution in [0.4, 0.5) is 5.69 Å². The summed E-state index contributed by atoms with van der Waals surface area (Å²) in [4.78, 5) is 24.1. The fourth-order valence-electron chi connectivity index (χ4n) is 2.14. The van der Waals surface area contributed by atoms with Crippen LogP contribution >= 0.6 is 11.6 Å². The summed E-state index contributed by atoms with van der Waals surface area (Å²) in [6, 6.07) is 11.6. The van der Waals surface area contributed by atoms with E-state index < -0.39 is 18.0 Å². The number of esters is 1. The normalized spacial score (nSPS) is 11.3. The average Bonchev–Trinajstić information content (AvgIpc) is 2.67. The second-order valence-electron chi connectivity index (χ2n) is 5.41. The summed E-state index contributed by atoms with van der Waals surface area (Å²) in [6.07, 6.45) is -1.01. The molecule has 8 heteroatoms. The smallest absolute Gasteiger partial charge is 0.344 e. The highest BCUT2D eigenvalue weighted by molar-refractivity contribution is 6.32. The molecule has 0 bridgehead atoms. The molecule has 2 aromatic rings. The number of para-hydroxylation sites is 1. The van der Waals surface area contributed by atoms with Crippen LogP contribution in [-0.2, 0) is 14.3 Å². The van der Waals surface area contributed by atoms with Gasteiger partial charge in [-0.2, -0.15) is 0 Å². The highest BCUT2D eigenvalue weighted by atomic mass is 35.5. The molecule has 0 aliphatic carbocycles. The molecule has 27 heavy (non-hydrogen) atoms. The summed E-state index contributed by atoms with van der Waals surface area (Å²) < 4.78 is 20.7. The van der Waals surface area contributed by atoms with E-state index in [1.165, 1.54) is 21.1 Å². The minimum Gasteiger partial charge on any atom is -0.493 e. The molecule has 0 saturated heterocycles. The first kappa shape index (κ1) is 20.4. The second-order valence-corrected chi connectivity index (χ2v) is 5.82. The van der Waals surface area contributed by atoms with Crippen LogP contribution in [-0.4, -0.2) is 38.8 Å². The lowest BCUT2D eigenvalue weighted by molar-refractivity contribution is -0.155. The summed E-state index contributed by atoms with van der Waals surface area (Å²) >= 11 is 5.94. The molecule has 0 heterocycles. The SMILES string of the molecule is COc1ccc(NC(=O)C(C)OC(=O)COc2ccccc2Cl)cc1OC. The molecular formula is C19H20ClNO6. The van der Waals surface area contributed by atoms with Crippen molar-refractivity contribution in [2.45, 2.75) is 13.0 Å². The van der Waals surface area contributed by atoms with E-state index in [4.69, 9.17) is 30.5 Å². The number of hydrogen-bond acceptors (Lipinski definition) is 6. The quantitative estimate of drug-likeness (QED) is 0.693. The van der Waals surface area contributed by atoms with Gasteiger partial charge in [0.1, 0.15) is 5.75 Å². The van der Waals surface area contributed by atoms with Crippen molar-refractivity contribution in [2.24, 2.45) is 0 Å². The lowest BCUT2D eigenvalue weighted by Crippen LogP contribution is -2.31. The van der Waals surface area contributed by atoms with Crippen LogP contribution < -0.4 is 19.5 Å². The molecule has 1 atom stereocenters. The van der Waals surface area contributed by atoms with Gasteiger partial charge in [0.05, 0.1) is 19.2 Å².